The van der Waals surface area contributed by atoms with E-state index in [4.69, 9.17) is 4.74 Å². The molecule has 1 aliphatic rings. The first-order valence-corrected chi connectivity index (χ1v) is 7.95. The summed E-state index contributed by atoms with van der Waals surface area (Å²) in [6.07, 6.45) is 4.36. The summed E-state index contributed by atoms with van der Waals surface area (Å²) in [6.45, 7) is 10.1. The highest BCUT2D eigenvalue weighted by atomic mass is 16.5. The van der Waals surface area contributed by atoms with Crippen molar-refractivity contribution in [2.24, 2.45) is 5.92 Å². The maximum absolute atomic E-state index is 9.41. The lowest BCUT2D eigenvalue weighted by Gasteiger charge is -2.34. The molecule has 0 spiro atoms. The van der Waals surface area contributed by atoms with Gasteiger partial charge in [-0.1, -0.05) is 6.92 Å². The Balaban J connectivity index is 2.42. The summed E-state index contributed by atoms with van der Waals surface area (Å²) in [5, 5.41) is 12.8. The third kappa shape index (κ3) is 5.78. The topological polar surface area (TPSA) is 48.3 Å². The molecule has 1 heterocycles. The predicted molar refractivity (Wildman–Crippen MR) is 82.6 cm³/mol. The zero-order valence-electron chi connectivity index (χ0n) is 13.6. The summed E-state index contributed by atoms with van der Waals surface area (Å²) < 4.78 is 5.55. The van der Waals surface area contributed by atoms with Gasteiger partial charge in [0.2, 0.25) is 0 Å². The number of ether oxygens (including phenoxy) is 1. The Labute approximate surface area is 124 Å². The van der Waals surface area contributed by atoms with Gasteiger partial charge < -0.3 is 9.64 Å². The third-order valence-electron chi connectivity index (χ3n) is 4.27. The Morgan fingerprint density at radius 1 is 1.55 bits per heavy atom. The van der Waals surface area contributed by atoms with Crippen molar-refractivity contribution in [3.05, 3.63) is 0 Å². The van der Waals surface area contributed by atoms with Crippen LogP contribution >= 0.6 is 0 Å². The molecular weight excluding hydrogens is 250 g/mol. The molecule has 0 aliphatic carbocycles. The number of nitrogens with one attached hydrogen (secondary N) is 1. The zero-order chi connectivity index (χ0) is 15.0. The second kappa shape index (κ2) is 8.61. The molecule has 116 valence electrons. The standard InChI is InChI=1S/C16H31N3O/c1-5-8-18-16(3,13-17)10-14(2)19(4)11-15-7-6-9-20-12-15/h14-15,18H,5-12H2,1-4H3. The van der Waals surface area contributed by atoms with E-state index in [1.54, 1.807) is 0 Å². The van der Waals surface area contributed by atoms with Crippen LogP contribution in [0.4, 0.5) is 0 Å². The fourth-order valence-corrected chi connectivity index (χ4v) is 2.84. The molecule has 3 atom stereocenters. The second-order valence-electron chi connectivity index (χ2n) is 6.45. The summed E-state index contributed by atoms with van der Waals surface area (Å²) in [7, 11) is 2.16. The van der Waals surface area contributed by atoms with Gasteiger partial charge in [-0.15, -0.1) is 0 Å². The van der Waals surface area contributed by atoms with Crippen LogP contribution in [0, 0.1) is 17.2 Å². The molecule has 20 heavy (non-hydrogen) atoms. The first kappa shape index (κ1) is 17.4. The Morgan fingerprint density at radius 2 is 2.30 bits per heavy atom. The van der Waals surface area contributed by atoms with Crippen LogP contribution in [0.2, 0.25) is 0 Å². The van der Waals surface area contributed by atoms with E-state index in [1.165, 1.54) is 12.8 Å². The van der Waals surface area contributed by atoms with E-state index in [0.717, 1.165) is 39.1 Å². The van der Waals surface area contributed by atoms with Crippen LogP contribution in [0.5, 0.6) is 0 Å². The maximum atomic E-state index is 9.41. The highest BCUT2D eigenvalue weighted by Gasteiger charge is 2.28. The SMILES string of the molecule is CCCNC(C)(C#N)CC(C)N(C)CC1CCCOC1. The second-order valence-corrected chi connectivity index (χ2v) is 6.45. The Bertz CT molecular complexity index is 309. The molecule has 0 bridgehead atoms. The van der Waals surface area contributed by atoms with Crippen molar-refractivity contribution < 1.29 is 4.74 Å². The molecule has 0 aromatic rings. The minimum Gasteiger partial charge on any atom is -0.381 e. The van der Waals surface area contributed by atoms with Gasteiger partial charge in [0.15, 0.2) is 0 Å². The van der Waals surface area contributed by atoms with E-state index < -0.39 is 5.54 Å². The lowest BCUT2D eigenvalue weighted by Crippen LogP contribution is -2.47. The quantitative estimate of drug-likeness (QED) is 0.742. The Hall–Kier alpha value is -0.630. The molecule has 0 saturated carbocycles. The van der Waals surface area contributed by atoms with Crippen LogP contribution in [0.25, 0.3) is 0 Å². The predicted octanol–water partition coefficient (Wildman–Crippen LogP) is 2.41. The normalized spacial score (nSPS) is 24.1. The van der Waals surface area contributed by atoms with Crippen molar-refractivity contribution in [2.45, 2.75) is 58.0 Å². The van der Waals surface area contributed by atoms with Crippen molar-refractivity contribution in [1.82, 2.24) is 10.2 Å². The smallest absolute Gasteiger partial charge is 0.105 e. The molecule has 0 aromatic carbocycles. The van der Waals surface area contributed by atoms with Crippen LogP contribution in [0.1, 0.15) is 46.5 Å². The van der Waals surface area contributed by atoms with Crippen molar-refractivity contribution in [3.8, 4) is 6.07 Å². The van der Waals surface area contributed by atoms with Crippen molar-refractivity contribution >= 4 is 0 Å². The van der Waals surface area contributed by atoms with Gasteiger partial charge in [-0.05, 0) is 59.0 Å². The Morgan fingerprint density at radius 3 is 2.85 bits per heavy atom. The molecule has 1 aliphatic heterocycles. The van der Waals surface area contributed by atoms with Crippen LogP contribution in [0.3, 0.4) is 0 Å². The van der Waals surface area contributed by atoms with Crippen LogP contribution in [0.15, 0.2) is 0 Å². The summed E-state index contributed by atoms with van der Waals surface area (Å²) in [6, 6.07) is 2.83. The average molecular weight is 281 g/mol. The molecule has 4 heteroatoms. The van der Waals surface area contributed by atoms with Gasteiger partial charge >= 0.3 is 0 Å². The molecule has 4 nitrogen and oxygen atoms in total. The van der Waals surface area contributed by atoms with Crippen LogP contribution in [-0.4, -0.2) is 49.8 Å². The lowest BCUT2D eigenvalue weighted by atomic mass is 9.93. The zero-order valence-corrected chi connectivity index (χ0v) is 13.6. The monoisotopic (exact) mass is 281 g/mol. The van der Waals surface area contributed by atoms with Gasteiger partial charge in [-0.3, -0.25) is 5.32 Å². The van der Waals surface area contributed by atoms with Gasteiger partial charge in [0.05, 0.1) is 12.7 Å². The number of rotatable bonds is 8. The molecule has 0 amide bonds. The van der Waals surface area contributed by atoms with E-state index in [2.05, 4.69) is 37.2 Å². The van der Waals surface area contributed by atoms with Crippen molar-refractivity contribution in [1.29, 1.82) is 5.26 Å². The average Bonchev–Trinajstić information content (AvgIpc) is 2.46. The molecule has 0 radical (unpaired) electrons. The van der Waals surface area contributed by atoms with Gasteiger partial charge in [-0.2, -0.15) is 5.26 Å². The van der Waals surface area contributed by atoms with E-state index >= 15 is 0 Å². The molecule has 1 N–H and O–H groups in total. The van der Waals surface area contributed by atoms with E-state index in [-0.39, 0.29) is 0 Å². The van der Waals surface area contributed by atoms with E-state index in [0.29, 0.717) is 12.0 Å². The minimum atomic E-state index is -0.424. The Kier molecular flexibility index (Phi) is 7.50. The number of hydrogen-bond donors (Lipinski definition) is 1. The first-order valence-electron chi connectivity index (χ1n) is 7.95. The maximum Gasteiger partial charge on any atom is 0.105 e. The number of nitrogens with zero attached hydrogens (tertiary/aromatic N) is 2. The molecule has 0 aromatic heterocycles. The molecule has 3 unspecified atom stereocenters. The molecule has 1 fully saturated rings. The summed E-state index contributed by atoms with van der Waals surface area (Å²) >= 11 is 0. The summed E-state index contributed by atoms with van der Waals surface area (Å²) in [5.41, 5.74) is -0.424. The molecule has 1 saturated heterocycles. The van der Waals surface area contributed by atoms with E-state index in [9.17, 15) is 5.26 Å². The molecular formula is C16H31N3O. The highest BCUT2D eigenvalue weighted by molar-refractivity contribution is 5.05. The summed E-state index contributed by atoms with van der Waals surface area (Å²) in [4.78, 5) is 2.38. The van der Waals surface area contributed by atoms with Crippen LogP contribution < -0.4 is 5.32 Å². The van der Waals surface area contributed by atoms with Gasteiger partial charge in [0.1, 0.15) is 5.54 Å². The third-order valence-corrected chi connectivity index (χ3v) is 4.27. The number of hydrogen-bond acceptors (Lipinski definition) is 4. The molecule has 1 rings (SSSR count). The van der Waals surface area contributed by atoms with Gasteiger partial charge in [-0.25, -0.2) is 0 Å². The first-order chi connectivity index (χ1) is 9.50. The fourth-order valence-electron chi connectivity index (χ4n) is 2.84. The minimum absolute atomic E-state index is 0.394. The van der Waals surface area contributed by atoms with Crippen molar-refractivity contribution in [3.63, 3.8) is 0 Å². The largest absolute Gasteiger partial charge is 0.381 e. The lowest BCUT2D eigenvalue weighted by molar-refractivity contribution is 0.0355. The van der Waals surface area contributed by atoms with E-state index in [1.807, 2.05) is 6.92 Å². The van der Waals surface area contributed by atoms with Crippen LogP contribution in [-0.2, 0) is 4.74 Å². The fraction of sp³-hybridized carbons (Fsp3) is 0.938. The summed E-state index contributed by atoms with van der Waals surface area (Å²) in [5.74, 6) is 0.646. The van der Waals surface area contributed by atoms with Gasteiger partial charge in [0, 0.05) is 19.2 Å². The number of nitriles is 1. The van der Waals surface area contributed by atoms with Crippen molar-refractivity contribution in [2.75, 3.05) is 33.4 Å². The van der Waals surface area contributed by atoms with Gasteiger partial charge in [0.25, 0.3) is 0 Å². The highest BCUT2D eigenvalue weighted by Crippen LogP contribution is 2.19.